The van der Waals surface area contributed by atoms with Gasteiger partial charge in [-0.3, -0.25) is 15.4 Å². The van der Waals surface area contributed by atoms with Gasteiger partial charge in [0, 0.05) is 12.1 Å². The molecule has 2 N–H and O–H groups in total. The Labute approximate surface area is 72.9 Å². The minimum Gasteiger partial charge on any atom is -0.297 e. The molecule has 68 valence electrons. The van der Waals surface area contributed by atoms with E-state index in [0.29, 0.717) is 12.1 Å². The van der Waals surface area contributed by atoms with E-state index in [1.165, 1.54) is 25.7 Å². The Hall–Kier alpha value is -0.410. The van der Waals surface area contributed by atoms with Gasteiger partial charge >= 0.3 is 0 Å². The summed E-state index contributed by atoms with van der Waals surface area (Å²) in [6.07, 6.45) is 4.99. The lowest BCUT2D eigenvalue weighted by molar-refractivity contribution is -0.119. The van der Waals surface area contributed by atoms with Crippen LogP contribution in [-0.2, 0) is 4.79 Å². The van der Waals surface area contributed by atoms with Crippen molar-refractivity contribution in [1.29, 1.82) is 0 Å². The molecule has 0 bridgehead atoms. The maximum Gasteiger partial charge on any atom is 0.161 e. The average Bonchev–Trinajstić information content (AvgIpc) is 2.46. The molecule has 1 aliphatic heterocycles. The first-order valence-electron chi connectivity index (χ1n) is 4.80. The van der Waals surface area contributed by atoms with Gasteiger partial charge in [-0.25, -0.2) is 0 Å². The van der Waals surface area contributed by atoms with Crippen molar-refractivity contribution in [2.24, 2.45) is 0 Å². The summed E-state index contributed by atoms with van der Waals surface area (Å²) in [7, 11) is 0. The molecule has 1 heterocycles. The lowest BCUT2D eigenvalue weighted by Crippen LogP contribution is -2.39. The van der Waals surface area contributed by atoms with Crippen LogP contribution >= 0.6 is 0 Å². The highest BCUT2D eigenvalue weighted by Crippen LogP contribution is 2.22. The normalized spacial score (nSPS) is 40.9. The molecule has 1 saturated heterocycles. The van der Waals surface area contributed by atoms with Gasteiger partial charge in [0.2, 0.25) is 0 Å². The molecule has 2 aliphatic rings. The third kappa shape index (κ3) is 1.39. The van der Waals surface area contributed by atoms with E-state index < -0.39 is 0 Å². The molecular formula is C9H16N2O. The fraction of sp³-hybridized carbons (Fsp3) is 0.889. The molecule has 0 amide bonds. The predicted octanol–water partition coefficient (Wildman–Crippen LogP) is 0.405. The number of nitrogens with one attached hydrogen (secondary N) is 2. The molecule has 0 aromatic rings. The van der Waals surface area contributed by atoms with Gasteiger partial charge < -0.3 is 0 Å². The number of hydrogen-bond donors (Lipinski definition) is 2. The van der Waals surface area contributed by atoms with Crippen molar-refractivity contribution < 1.29 is 4.79 Å². The first-order valence-corrected chi connectivity index (χ1v) is 4.80. The molecule has 3 nitrogen and oxygen atoms in total. The van der Waals surface area contributed by atoms with Crippen LogP contribution < -0.4 is 10.6 Å². The van der Waals surface area contributed by atoms with Crippen molar-refractivity contribution in [2.75, 3.05) is 0 Å². The summed E-state index contributed by atoms with van der Waals surface area (Å²) in [5.41, 5.74) is 0. The smallest absolute Gasteiger partial charge is 0.161 e. The third-order valence-corrected chi connectivity index (χ3v) is 2.93. The molecule has 0 aromatic carbocycles. The van der Waals surface area contributed by atoms with Crippen LogP contribution in [0.2, 0.25) is 0 Å². The van der Waals surface area contributed by atoms with Crippen LogP contribution in [0.3, 0.4) is 0 Å². The Bertz CT molecular complexity index is 179. The summed E-state index contributed by atoms with van der Waals surface area (Å²) in [6.45, 7) is 1.64. The molecule has 0 spiro atoms. The fourth-order valence-electron chi connectivity index (χ4n) is 2.24. The summed E-state index contributed by atoms with van der Waals surface area (Å²) < 4.78 is 0. The SMILES string of the molecule is CC(=O)C1NC2CCCCC2N1. The van der Waals surface area contributed by atoms with Crippen molar-refractivity contribution in [2.45, 2.75) is 50.9 Å². The van der Waals surface area contributed by atoms with Gasteiger partial charge in [-0.15, -0.1) is 0 Å². The van der Waals surface area contributed by atoms with Crippen LogP contribution in [0.5, 0.6) is 0 Å². The van der Waals surface area contributed by atoms with Gasteiger partial charge in [-0.2, -0.15) is 0 Å². The number of fused-ring (bicyclic) bond motifs is 1. The molecule has 1 aliphatic carbocycles. The standard InChI is InChI=1S/C9H16N2O/c1-6(12)9-10-7-4-2-3-5-8(7)11-9/h7-11H,2-5H2,1H3. The van der Waals surface area contributed by atoms with E-state index in [9.17, 15) is 4.79 Å². The maximum atomic E-state index is 11.1. The highest BCUT2D eigenvalue weighted by molar-refractivity contribution is 5.81. The van der Waals surface area contributed by atoms with Crippen LogP contribution in [0, 0.1) is 0 Å². The van der Waals surface area contributed by atoms with E-state index in [2.05, 4.69) is 10.6 Å². The monoisotopic (exact) mass is 168 g/mol. The largest absolute Gasteiger partial charge is 0.297 e. The lowest BCUT2D eigenvalue weighted by Gasteiger charge is -2.23. The molecule has 2 unspecified atom stereocenters. The zero-order valence-electron chi connectivity index (χ0n) is 7.47. The predicted molar refractivity (Wildman–Crippen MR) is 46.8 cm³/mol. The minimum atomic E-state index is -0.0712. The zero-order chi connectivity index (χ0) is 8.55. The van der Waals surface area contributed by atoms with Crippen molar-refractivity contribution in [3.63, 3.8) is 0 Å². The summed E-state index contributed by atoms with van der Waals surface area (Å²) in [4.78, 5) is 11.1. The van der Waals surface area contributed by atoms with Crippen molar-refractivity contribution >= 4 is 5.78 Å². The number of rotatable bonds is 1. The summed E-state index contributed by atoms with van der Waals surface area (Å²) in [5.74, 6) is 0.212. The van der Waals surface area contributed by atoms with E-state index in [0.717, 1.165) is 0 Å². The highest BCUT2D eigenvalue weighted by atomic mass is 16.1. The first kappa shape index (κ1) is 8.20. The Balaban J connectivity index is 1.98. The molecule has 1 saturated carbocycles. The van der Waals surface area contributed by atoms with Crippen LogP contribution in [-0.4, -0.2) is 24.0 Å². The number of carbonyl (C=O) groups excluding carboxylic acids is 1. The first-order chi connectivity index (χ1) is 5.77. The molecular weight excluding hydrogens is 152 g/mol. The summed E-state index contributed by atoms with van der Waals surface area (Å²) in [6, 6.07) is 1.10. The van der Waals surface area contributed by atoms with Crippen molar-refractivity contribution in [1.82, 2.24) is 10.6 Å². The molecule has 0 radical (unpaired) electrons. The van der Waals surface area contributed by atoms with Gasteiger partial charge in [0.05, 0.1) is 0 Å². The molecule has 3 heteroatoms. The number of Topliss-reactive ketones (excluding diaryl/α,β-unsaturated/α-hetero) is 1. The maximum absolute atomic E-state index is 11.1. The summed E-state index contributed by atoms with van der Waals surface area (Å²) in [5, 5.41) is 6.66. The second-order valence-corrected chi connectivity index (χ2v) is 3.87. The average molecular weight is 168 g/mol. The quantitative estimate of drug-likeness (QED) is 0.595. The minimum absolute atomic E-state index is 0.0712. The van der Waals surface area contributed by atoms with Gasteiger partial charge in [0.25, 0.3) is 0 Å². The van der Waals surface area contributed by atoms with Gasteiger partial charge in [0.1, 0.15) is 6.17 Å². The molecule has 2 fully saturated rings. The zero-order valence-corrected chi connectivity index (χ0v) is 7.47. The van der Waals surface area contributed by atoms with Gasteiger partial charge in [0.15, 0.2) is 5.78 Å². The highest BCUT2D eigenvalue weighted by Gasteiger charge is 2.35. The second kappa shape index (κ2) is 3.15. The fourth-order valence-corrected chi connectivity index (χ4v) is 2.24. The van der Waals surface area contributed by atoms with E-state index in [-0.39, 0.29) is 11.9 Å². The number of ketones is 1. The Morgan fingerprint density at radius 1 is 1.17 bits per heavy atom. The topological polar surface area (TPSA) is 41.1 Å². The van der Waals surface area contributed by atoms with E-state index in [4.69, 9.17) is 0 Å². The van der Waals surface area contributed by atoms with Gasteiger partial charge in [-0.05, 0) is 19.8 Å². The van der Waals surface area contributed by atoms with Crippen molar-refractivity contribution in [3.8, 4) is 0 Å². The third-order valence-electron chi connectivity index (χ3n) is 2.93. The molecule has 2 rings (SSSR count). The van der Waals surface area contributed by atoms with E-state index in [1.807, 2.05) is 0 Å². The molecule has 12 heavy (non-hydrogen) atoms. The second-order valence-electron chi connectivity index (χ2n) is 3.87. The van der Waals surface area contributed by atoms with E-state index >= 15 is 0 Å². The summed E-state index contributed by atoms with van der Waals surface area (Å²) >= 11 is 0. The van der Waals surface area contributed by atoms with E-state index in [1.54, 1.807) is 6.92 Å². The lowest BCUT2D eigenvalue weighted by atomic mass is 9.92. The Morgan fingerprint density at radius 3 is 2.08 bits per heavy atom. The van der Waals surface area contributed by atoms with Gasteiger partial charge in [-0.1, -0.05) is 12.8 Å². The van der Waals surface area contributed by atoms with Crippen LogP contribution in [0.1, 0.15) is 32.6 Å². The Kier molecular flexibility index (Phi) is 2.15. The van der Waals surface area contributed by atoms with Crippen LogP contribution in [0.25, 0.3) is 0 Å². The van der Waals surface area contributed by atoms with Crippen molar-refractivity contribution in [3.05, 3.63) is 0 Å². The molecule has 2 atom stereocenters. The number of carbonyl (C=O) groups is 1. The van der Waals surface area contributed by atoms with Crippen LogP contribution in [0.15, 0.2) is 0 Å². The van der Waals surface area contributed by atoms with Crippen LogP contribution in [0.4, 0.5) is 0 Å². The Morgan fingerprint density at radius 2 is 1.67 bits per heavy atom. The molecule has 0 aromatic heterocycles. The number of hydrogen-bond acceptors (Lipinski definition) is 3.